The number of rotatable bonds is 9. The molecule has 0 fully saturated rings. The van der Waals surface area contributed by atoms with E-state index in [0.717, 1.165) is 12.0 Å². The fourth-order valence-electron chi connectivity index (χ4n) is 2.62. The van der Waals surface area contributed by atoms with E-state index in [0.29, 0.717) is 36.4 Å². The Morgan fingerprint density at radius 1 is 1.19 bits per heavy atom. The molecule has 1 unspecified atom stereocenters. The molecule has 0 aliphatic heterocycles. The minimum absolute atomic E-state index is 0.0157. The summed E-state index contributed by atoms with van der Waals surface area (Å²) in [6, 6.07) is 13.2. The smallest absolute Gasteiger partial charge is 0.328 e. The number of unbranched alkanes of at least 4 members (excludes halogenated alkanes) is 1. The van der Waals surface area contributed by atoms with Crippen molar-refractivity contribution in [1.82, 2.24) is 0 Å². The summed E-state index contributed by atoms with van der Waals surface area (Å²) in [5, 5.41) is 19.9. The lowest BCUT2D eigenvalue weighted by Gasteiger charge is -2.14. The van der Waals surface area contributed by atoms with Gasteiger partial charge in [-0.05, 0) is 37.9 Å². The average Bonchev–Trinajstić information content (AvgIpc) is 2.65. The van der Waals surface area contributed by atoms with Crippen molar-refractivity contribution in [1.29, 1.82) is 0 Å². The first-order chi connectivity index (χ1) is 12.6. The summed E-state index contributed by atoms with van der Waals surface area (Å²) in [6.45, 7) is 0.515. The summed E-state index contributed by atoms with van der Waals surface area (Å²) in [7, 11) is 1.51. The second-order valence-corrected chi connectivity index (χ2v) is 5.87. The van der Waals surface area contributed by atoms with Gasteiger partial charge in [0.1, 0.15) is 17.5 Å². The van der Waals surface area contributed by atoms with Crippen LogP contribution in [0.15, 0.2) is 53.5 Å². The standard InChI is InChI=1S/C20H24N2O4/c1-26-15-10-11-16(18(23)13-15)19(14-7-3-2-4-8-14)22-17(20(24)25)9-5-6-12-21/h2-4,7-8,10-11,13,17,23H,5-6,9,12,21H2,1H3,(H,24,25)/b22-19+. The number of aromatic hydroxyl groups is 1. The third-order valence-corrected chi connectivity index (χ3v) is 4.01. The number of hydrogen-bond donors (Lipinski definition) is 3. The van der Waals surface area contributed by atoms with Crippen molar-refractivity contribution in [2.45, 2.75) is 25.3 Å². The topological polar surface area (TPSA) is 105 Å². The number of aliphatic imine (C=N–C) groups is 1. The Morgan fingerprint density at radius 2 is 1.92 bits per heavy atom. The van der Waals surface area contributed by atoms with Gasteiger partial charge in [0, 0.05) is 17.2 Å². The molecule has 6 heteroatoms. The van der Waals surface area contributed by atoms with Gasteiger partial charge in [-0.3, -0.25) is 4.99 Å². The summed E-state index contributed by atoms with van der Waals surface area (Å²) in [6.07, 6.45) is 1.81. The first-order valence-electron chi connectivity index (χ1n) is 8.50. The van der Waals surface area contributed by atoms with E-state index < -0.39 is 12.0 Å². The van der Waals surface area contributed by atoms with Gasteiger partial charge in [0.2, 0.25) is 0 Å². The molecule has 0 amide bonds. The third kappa shape index (κ3) is 5.07. The first kappa shape index (κ1) is 19.5. The second-order valence-electron chi connectivity index (χ2n) is 5.87. The van der Waals surface area contributed by atoms with E-state index in [1.54, 1.807) is 12.1 Å². The Balaban J connectivity index is 2.48. The van der Waals surface area contributed by atoms with E-state index in [9.17, 15) is 15.0 Å². The van der Waals surface area contributed by atoms with Crippen LogP contribution in [0.25, 0.3) is 0 Å². The highest BCUT2D eigenvalue weighted by Gasteiger charge is 2.20. The third-order valence-electron chi connectivity index (χ3n) is 4.01. The molecule has 1 atom stereocenters. The van der Waals surface area contributed by atoms with Crippen LogP contribution < -0.4 is 10.5 Å². The molecule has 0 aliphatic rings. The van der Waals surface area contributed by atoms with E-state index in [-0.39, 0.29) is 5.75 Å². The summed E-state index contributed by atoms with van der Waals surface area (Å²) >= 11 is 0. The zero-order valence-electron chi connectivity index (χ0n) is 14.8. The largest absolute Gasteiger partial charge is 0.507 e. The molecule has 2 rings (SSSR count). The molecular formula is C20H24N2O4. The van der Waals surface area contributed by atoms with Crippen LogP contribution in [0.5, 0.6) is 11.5 Å². The van der Waals surface area contributed by atoms with Crippen LogP contribution >= 0.6 is 0 Å². The molecule has 0 spiro atoms. The molecule has 0 bridgehead atoms. The lowest BCUT2D eigenvalue weighted by atomic mass is 10.00. The van der Waals surface area contributed by atoms with Gasteiger partial charge >= 0.3 is 5.97 Å². The lowest BCUT2D eigenvalue weighted by molar-refractivity contribution is -0.138. The van der Waals surface area contributed by atoms with Gasteiger partial charge in [0.05, 0.1) is 12.8 Å². The highest BCUT2D eigenvalue weighted by molar-refractivity contribution is 6.15. The van der Waals surface area contributed by atoms with Gasteiger partial charge in [-0.15, -0.1) is 0 Å². The molecule has 2 aromatic carbocycles. The summed E-state index contributed by atoms with van der Waals surface area (Å²) in [4.78, 5) is 16.1. The van der Waals surface area contributed by atoms with Crippen LogP contribution in [0.2, 0.25) is 0 Å². The lowest BCUT2D eigenvalue weighted by Crippen LogP contribution is -2.21. The van der Waals surface area contributed by atoms with Crippen molar-refractivity contribution < 1.29 is 19.7 Å². The number of benzene rings is 2. The molecule has 0 aliphatic carbocycles. The predicted molar refractivity (Wildman–Crippen MR) is 101 cm³/mol. The van der Waals surface area contributed by atoms with Gasteiger partial charge in [-0.2, -0.15) is 0 Å². The maximum atomic E-state index is 11.7. The van der Waals surface area contributed by atoms with Crippen molar-refractivity contribution in [2.24, 2.45) is 10.7 Å². The molecule has 4 N–H and O–H groups in total. The highest BCUT2D eigenvalue weighted by Crippen LogP contribution is 2.27. The van der Waals surface area contributed by atoms with Crippen LogP contribution in [0.3, 0.4) is 0 Å². The molecular weight excluding hydrogens is 332 g/mol. The van der Waals surface area contributed by atoms with Gasteiger partial charge in [0.15, 0.2) is 0 Å². The van der Waals surface area contributed by atoms with Crippen molar-refractivity contribution in [2.75, 3.05) is 13.7 Å². The average molecular weight is 356 g/mol. The number of hydrogen-bond acceptors (Lipinski definition) is 5. The molecule has 2 aromatic rings. The van der Waals surface area contributed by atoms with E-state index in [2.05, 4.69) is 4.99 Å². The normalized spacial score (nSPS) is 12.6. The van der Waals surface area contributed by atoms with Gasteiger partial charge in [0.25, 0.3) is 0 Å². The zero-order chi connectivity index (χ0) is 18.9. The Bertz CT molecular complexity index is 760. The zero-order valence-corrected chi connectivity index (χ0v) is 14.8. The number of carboxylic acid groups (broad SMARTS) is 1. The van der Waals surface area contributed by atoms with E-state index in [4.69, 9.17) is 10.5 Å². The molecule has 0 heterocycles. The Labute approximate surface area is 153 Å². The molecule has 26 heavy (non-hydrogen) atoms. The highest BCUT2D eigenvalue weighted by atomic mass is 16.5. The van der Waals surface area contributed by atoms with Crippen molar-refractivity contribution in [3.05, 3.63) is 59.7 Å². The number of ether oxygens (including phenoxy) is 1. The maximum Gasteiger partial charge on any atom is 0.328 e. The van der Waals surface area contributed by atoms with Crippen LogP contribution in [-0.2, 0) is 4.79 Å². The number of nitrogens with zero attached hydrogens (tertiary/aromatic N) is 1. The number of carboxylic acids is 1. The molecule has 6 nitrogen and oxygen atoms in total. The van der Waals surface area contributed by atoms with Crippen molar-refractivity contribution >= 4 is 11.7 Å². The Hall–Kier alpha value is -2.86. The van der Waals surface area contributed by atoms with E-state index in [1.165, 1.54) is 13.2 Å². The molecule has 0 aromatic heterocycles. The summed E-state index contributed by atoms with van der Waals surface area (Å²) < 4.78 is 5.11. The number of carbonyl (C=O) groups is 1. The van der Waals surface area contributed by atoms with Crippen molar-refractivity contribution in [3.8, 4) is 11.5 Å². The van der Waals surface area contributed by atoms with Crippen LogP contribution in [0, 0.1) is 0 Å². The molecule has 0 radical (unpaired) electrons. The quantitative estimate of drug-likeness (QED) is 0.473. The molecule has 138 valence electrons. The number of methoxy groups -OCH3 is 1. The summed E-state index contributed by atoms with van der Waals surface area (Å²) in [5.74, 6) is -0.502. The number of phenolic OH excluding ortho intramolecular Hbond substituents is 1. The maximum absolute atomic E-state index is 11.7. The van der Waals surface area contributed by atoms with Crippen molar-refractivity contribution in [3.63, 3.8) is 0 Å². The Kier molecular flexibility index (Phi) is 7.17. The SMILES string of the molecule is COc1ccc(/C(=N/C(CCCCN)C(=O)O)c2ccccc2)c(O)c1. The van der Waals surface area contributed by atoms with Crippen LogP contribution in [-0.4, -0.2) is 41.6 Å². The van der Waals surface area contributed by atoms with Gasteiger partial charge in [-0.25, -0.2) is 4.79 Å². The Morgan fingerprint density at radius 3 is 2.50 bits per heavy atom. The van der Waals surface area contributed by atoms with Crippen LogP contribution in [0.4, 0.5) is 0 Å². The molecule has 0 saturated heterocycles. The van der Waals surface area contributed by atoms with Gasteiger partial charge in [-0.1, -0.05) is 30.3 Å². The summed E-state index contributed by atoms with van der Waals surface area (Å²) in [5.41, 5.74) is 7.12. The first-order valence-corrected chi connectivity index (χ1v) is 8.50. The fourth-order valence-corrected chi connectivity index (χ4v) is 2.62. The number of nitrogens with two attached hydrogens (primary N) is 1. The van der Waals surface area contributed by atoms with Gasteiger partial charge < -0.3 is 20.7 Å². The fraction of sp³-hybridized carbons (Fsp3) is 0.300. The van der Waals surface area contributed by atoms with E-state index in [1.807, 2.05) is 30.3 Å². The second kappa shape index (κ2) is 9.58. The minimum atomic E-state index is -0.997. The minimum Gasteiger partial charge on any atom is -0.507 e. The number of aliphatic carboxylic acids is 1. The number of phenols is 1. The predicted octanol–water partition coefficient (Wildman–Crippen LogP) is 2.82. The molecule has 0 saturated carbocycles. The van der Waals surface area contributed by atoms with E-state index >= 15 is 0 Å². The monoisotopic (exact) mass is 356 g/mol. The van der Waals surface area contributed by atoms with Crippen LogP contribution in [0.1, 0.15) is 30.4 Å².